The maximum absolute atomic E-state index is 12.8. The molecule has 152 valence electrons. The molecule has 0 bridgehead atoms. The third-order valence-electron chi connectivity index (χ3n) is 5.42. The smallest absolute Gasteiger partial charge is 0.249 e. The third kappa shape index (κ3) is 3.35. The van der Waals surface area contributed by atoms with E-state index in [4.69, 9.17) is 14.6 Å². The van der Waals surface area contributed by atoms with Gasteiger partial charge in [0.15, 0.2) is 11.5 Å². The highest BCUT2D eigenvalue weighted by Gasteiger charge is 2.25. The molecule has 1 N–H and O–H groups in total. The minimum Gasteiger partial charge on any atom is -0.454 e. The van der Waals surface area contributed by atoms with E-state index < -0.39 is 0 Å². The highest BCUT2D eigenvalue weighted by Crippen LogP contribution is 2.37. The van der Waals surface area contributed by atoms with E-state index >= 15 is 0 Å². The number of thioether (sulfide) groups is 1. The fourth-order valence-corrected chi connectivity index (χ4v) is 4.66. The van der Waals surface area contributed by atoms with Gasteiger partial charge in [-0.2, -0.15) is 16.9 Å². The average molecular weight is 420 g/mol. The first-order valence-electron chi connectivity index (χ1n) is 9.74. The quantitative estimate of drug-likeness (QED) is 0.626. The molecule has 3 heterocycles. The second-order valence-corrected chi connectivity index (χ2v) is 8.32. The average Bonchev–Trinajstić information content (AvgIpc) is 3.45. The summed E-state index contributed by atoms with van der Waals surface area (Å²) in [4.78, 5) is 12.8. The van der Waals surface area contributed by atoms with E-state index in [0.717, 1.165) is 51.1 Å². The Morgan fingerprint density at radius 1 is 1.17 bits per heavy atom. The van der Waals surface area contributed by atoms with E-state index in [9.17, 15) is 4.79 Å². The molecule has 3 aromatic rings. The third-order valence-corrected chi connectivity index (χ3v) is 6.39. The zero-order chi connectivity index (χ0) is 20.7. The number of carbonyl (C=O) groups excluding carboxylic acids is 1. The number of aromatic nitrogens is 2. The van der Waals surface area contributed by atoms with Gasteiger partial charge in [0.25, 0.3) is 0 Å². The van der Waals surface area contributed by atoms with Crippen molar-refractivity contribution in [2.45, 2.75) is 25.4 Å². The Labute approximate surface area is 178 Å². The molecule has 6 nitrogen and oxygen atoms in total. The Hall–Kier alpha value is -3.19. The van der Waals surface area contributed by atoms with Crippen LogP contribution in [0.2, 0.25) is 0 Å². The van der Waals surface area contributed by atoms with Crippen molar-refractivity contribution in [3.05, 3.63) is 70.4 Å². The largest absolute Gasteiger partial charge is 0.454 e. The summed E-state index contributed by atoms with van der Waals surface area (Å²) in [7, 11) is 0. The number of aryl methyl sites for hydroxylation is 1. The molecule has 0 spiro atoms. The van der Waals surface area contributed by atoms with E-state index in [0.29, 0.717) is 5.75 Å². The van der Waals surface area contributed by atoms with Gasteiger partial charge in [0.1, 0.15) is 5.82 Å². The van der Waals surface area contributed by atoms with Gasteiger partial charge in [-0.3, -0.25) is 4.79 Å². The number of ether oxygens (including phenoxy) is 2. The van der Waals surface area contributed by atoms with Crippen molar-refractivity contribution in [1.29, 1.82) is 0 Å². The normalized spacial score (nSPS) is 14.3. The number of fused-ring (bicyclic) bond motifs is 2. The summed E-state index contributed by atoms with van der Waals surface area (Å²) in [6.45, 7) is 4.39. The molecule has 5 rings (SSSR count). The molecule has 7 heteroatoms. The molecule has 0 aliphatic carbocycles. The van der Waals surface area contributed by atoms with Gasteiger partial charge in [-0.25, -0.2) is 4.68 Å². The summed E-state index contributed by atoms with van der Waals surface area (Å²) in [6, 6.07) is 11.7. The van der Waals surface area contributed by atoms with Crippen LogP contribution in [0.5, 0.6) is 11.5 Å². The first kappa shape index (κ1) is 18.8. The van der Waals surface area contributed by atoms with Gasteiger partial charge < -0.3 is 14.8 Å². The molecule has 30 heavy (non-hydrogen) atoms. The predicted molar refractivity (Wildman–Crippen MR) is 118 cm³/mol. The number of hydrogen-bond donors (Lipinski definition) is 1. The van der Waals surface area contributed by atoms with Crippen LogP contribution in [0.15, 0.2) is 42.5 Å². The van der Waals surface area contributed by atoms with Crippen molar-refractivity contribution >= 4 is 29.6 Å². The lowest BCUT2D eigenvalue weighted by Crippen LogP contribution is -2.14. The number of anilines is 1. The first-order chi connectivity index (χ1) is 14.6. The second kappa shape index (κ2) is 7.57. The summed E-state index contributed by atoms with van der Waals surface area (Å²) in [6.07, 6.45) is 3.30. The van der Waals surface area contributed by atoms with Crippen molar-refractivity contribution in [2.24, 2.45) is 0 Å². The Bertz CT molecular complexity index is 1180. The van der Waals surface area contributed by atoms with Crippen LogP contribution in [0.3, 0.4) is 0 Å². The highest BCUT2D eigenvalue weighted by atomic mass is 32.2. The molecular weight excluding hydrogens is 398 g/mol. The van der Waals surface area contributed by atoms with Crippen LogP contribution in [0.4, 0.5) is 5.82 Å². The number of hydrogen-bond acceptors (Lipinski definition) is 5. The Morgan fingerprint density at radius 3 is 2.93 bits per heavy atom. The molecule has 0 radical (unpaired) electrons. The standard InChI is InChI=1S/C23H21N3O3S/c1-14-4-3-5-19(15(14)2)26-23(17-11-30-12-18(17)25-26)24-22(27)9-7-16-6-8-20-21(10-16)29-13-28-20/h3-10H,11-13H2,1-2H3,(H,24,27)/b9-7-. The van der Waals surface area contributed by atoms with Crippen molar-refractivity contribution < 1.29 is 14.3 Å². The van der Waals surface area contributed by atoms with Crippen molar-refractivity contribution in [3.8, 4) is 17.2 Å². The zero-order valence-electron chi connectivity index (χ0n) is 16.8. The number of carbonyl (C=O) groups is 1. The number of benzene rings is 2. The second-order valence-electron chi connectivity index (χ2n) is 7.33. The zero-order valence-corrected chi connectivity index (χ0v) is 17.6. The molecule has 1 amide bonds. The Kier molecular flexibility index (Phi) is 4.75. The van der Waals surface area contributed by atoms with E-state index in [1.165, 1.54) is 11.6 Å². The van der Waals surface area contributed by atoms with Crippen LogP contribution in [0, 0.1) is 13.8 Å². The minimum absolute atomic E-state index is 0.196. The maximum Gasteiger partial charge on any atom is 0.249 e. The van der Waals surface area contributed by atoms with E-state index in [2.05, 4.69) is 25.2 Å². The molecule has 0 atom stereocenters. The van der Waals surface area contributed by atoms with Crippen LogP contribution < -0.4 is 14.8 Å². The number of nitrogens with one attached hydrogen (secondary N) is 1. The molecule has 2 aliphatic rings. The van der Waals surface area contributed by atoms with Crippen molar-refractivity contribution in [1.82, 2.24) is 9.78 Å². The minimum atomic E-state index is -0.196. The Morgan fingerprint density at radius 2 is 2.03 bits per heavy atom. The number of rotatable bonds is 4. The lowest BCUT2D eigenvalue weighted by atomic mass is 10.1. The highest BCUT2D eigenvalue weighted by molar-refractivity contribution is 7.98. The summed E-state index contributed by atoms with van der Waals surface area (Å²) >= 11 is 1.81. The fourth-order valence-electron chi connectivity index (χ4n) is 3.63. The lowest BCUT2D eigenvalue weighted by molar-refractivity contribution is -0.111. The number of nitrogens with zero attached hydrogens (tertiary/aromatic N) is 2. The summed E-state index contributed by atoms with van der Waals surface area (Å²) in [5.41, 5.74) is 6.35. The summed E-state index contributed by atoms with van der Waals surface area (Å²) in [5, 5.41) is 7.86. The molecule has 2 aliphatic heterocycles. The molecule has 0 unspecified atom stereocenters. The van der Waals surface area contributed by atoms with Gasteiger partial charge in [-0.15, -0.1) is 0 Å². The van der Waals surface area contributed by atoms with Gasteiger partial charge in [-0.1, -0.05) is 18.2 Å². The molecular formula is C23H21N3O3S. The van der Waals surface area contributed by atoms with Crippen LogP contribution >= 0.6 is 11.8 Å². The number of amides is 1. The molecule has 0 fully saturated rings. The van der Waals surface area contributed by atoms with Gasteiger partial charge in [0.2, 0.25) is 12.7 Å². The van der Waals surface area contributed by atoms with E-state index in [1.807, 2.05) is 46.8 Å². The van der Waals surface area contributed by atoms with Crippen LogP contribution in [0.25, 0.3) is 11.8 Å². The van der Waals surface area contributed by atoms with Gasteiger partial charge in [-0.05, 0) is 54.8 Å². The SMILES string of the molecule is Cc1cccc(-n2nc3c(c2NC(=O)/C=C\c2ccc4c(c2)OCO4)CSC3)c1C. The molecule has 0 saturated heterocycles. The van der Waals surface area contributed by atoms with E-state index in [-0.39, 0.29) is 12.7 Å². The lowest BCUT2D eigenvalue weighted by Gasteiger charge is -2.13. The maximum atomic E-state index is 12.8. The van der Waals surface area contributed by atoms with Gasteiger partial charge in [0.05, 0.1) is 11.4 Å². The molecule has 2 aromatic carbocycles. The van der Waals surface area contributed by atoms with Crippen molar-refractivity contribution in [2.75, 3.05) is 12.1 Å². The molecule has 1 aromatic heterocycles. The fraction of sp³-hybridized carbons (Fsp3) is 0.217. The Balaban J connectivity index is 1.43. The summed E-state index contributed by atoms with van der Waals surface area (Å²) in [5.74, 6) is 3.69. The topological polar surface area (TPSA) is 65.4 Å². The summed E-state index contributed by atoms with van der Waals surface area (Å²) < 4.78 is 12.6. The van der Waals surface area contributed by atoms with Crippen molar-refractivity contribution in [3.63, 3.8) is 0 Å². The van der Waals surface area contributed by atoms with Crippen LogP contribution in [-0.4, -0.2) is 22.5 Å². The monoisotopic (exact) mass is 419 g/mol. The van der Waals surface area contributed by atoms with Crippen LogP contribution in [0.1, 0.15) is 27.9 Å². The predicted octanol–water partition coefficient (Wildman–Crippen LogP) is 4.62. The molecule has 0 saturated carbocycles. The first-order valence-corrected chi connectivity index (χ1v) is 10.9. The van der Waals surface area contributed by atoms with Crippen LogP contribution in [-0.2, 0) is 16.3 Å². The van der Waals surface area contributed by atoms with E-state index in [1.54, 1.807) is 6.08 Å². The van der Waals surface area contributed by atoms with Gasteiger partial charge >= 0.3 is 0 Å². The van der Waals surface area contributed by atoms with Gasteiger partial charge in [0, 0.05) is 23.1 Å².